The summed E-state index contributed by atoms with van der Waals surface area (Å²) in [6.45, 7) is 6.83. The molecule has 0 bridgehead atoms. The molecule has 5 nitrogen and oxygen atoms in total. The van der Waals surface area contributed by atoms with Crippen molar-refractivity contribution < 1.29 is 23.1 Å². The highest BCUT2D eigenvalue weighted by atomic mass is 19.4. The Morgan fingerprint density at radius 1 is 1.35 bits per heavy atom. The van der Waals surface area contributed by atoms with E-state index in [1.165, 1.54) is 0 Å². The third-order valence-electron chi connectivity index (χ3n) is 4.26. The molecule has 1 heterocycles. The van der Waals surface area contributed by atoms with Gasteiger partial charge >= 0.3 is 6.18 Å². The van der Waals surface area contributed by atoms with E-state index in [0.29, 0.717) is 12.8 Å². The number of amides is 1. The van der Waals surface area contributed by atoms with Gasteiger partial charge in [-0.1, -0.05) is 13.8 Å². The Morgan fingerprint density at radius 2 is 1.91 bits per heavy atom. The minimum Gasteiger partial charge on any atom is -0.396 e. The van der Waals surface area contributed by atoms with Crippen LogP contribution in [-0.2, 0) is 6.18 Å². The monoisotopic (exact) mass is 335 g/mol. The van der Waals surface area contributed by atoms with Gasteiger partial charge in [-0.05, 0) is 26.7 Å². The molecule has 23 heavy (non-hydrogen) atoms. The number of aliphatic hydroxyl groups is 1. The molecule has 8 heteroatoms. The third kappa shape index (κ3) is 4.25. The molecular weight excluding hydrogens is 311 g/mol. The number of nitrogens with zero attached hydrogens (tertiary/aromatic N) is 2. The first-order valence-electron chi connectivity index (χ1n) is 7.65. The summed E-state index contributed by atoms with van der Waals surface area (Å²) in [6, 6.07) is -0.518. The molecule has 0 saturated heterocycles. The molecule has 0 aromatic carbocycles. The van der Waals surface area contributed by atoms with Crippen LogP contribution in [0, 0.1) is 5.41 Å². The zero-order chi connectivity index (χ0) is 17.8. The van der Waals surface area contributed by atoms with Crippen molar-refractivity contribution in [3.8, 4) is 0 Å². The fraction of sp³-hybridized carbons (Fsp3) is 0.733. The Hall–Kier alpha value is -1.57. The van der Waals surface area contributed by atoms with Gasteiger partial charge in [-0.2, -0.15) is 18.3 Å². The van der Waals surface area contributed by atoms with Crippen LogP contribution in [0.3, 0.4) is 0 Å². The van der Waals surface area contributed by atoms with Crippen molar-refractivity contribution in [2.24, 2.45) is 5.41 Å². The average molecular weight is 335 g/mol. The second-order valence-electron chi connectivity index (χ2n) is 5.99. The molecule has 0 aliphatic rings. The van der Waals surface area contributed by atoms with Crippen molar-refractivity contribution in [2.45, 2.75) is 52.8 Å². The maximum absolute atomic E-state index is 13.3. The summed E-state index contributed by atoms with van der Waals surface area (Å²) in [6.07, 6.45) is -2.51. The zero-order valence-electron chi connectivity index (χ0n) is 13.9. The summed E-state index contributed by atoms with van der Waals surface area (Å²) in [7, 11) is 0. The van der Waals surface area contributed by atoms with Crippen LogP contribution >= 0.6 is 0 Å². The number of carbonyl (C=O) groups is 1. The summed E-state index contributed by atoms with van der Waals surface area (Å²) in [5.41, 5.74) is -2.07. The van der Waals surface area contributed by atoms with Crippen LogP contribution in [0.4, 0.5) is 13.2 Å². The molecule has 0 fully saturated rings. The lowest BCUT2D eigenvalue weighted by Crippen LogP contribution is -2.39. The van der Waals surface area contributed by atoms with E-state index >= 15 is 0 Å². The molecule has 0 spiro atoms. The van der Waals surface area contributed by atoms with Gasteiger partial charge in [-0.25, -0.2) is 0 Å². The van der Waals surface area contributed by atoms with E-state index in [4.69, 9.17) is 0 Å². The van der Waals surface area contributed by atoms with Gasteiger partial charge in [-0.3, -0.25) is 9.48 Å². The zero-order valence-corrected chi connectivity index (χ0v) is 13.9. The highest BCUT2D eigenvalue weighted by Crippen LogP contribution is 2.33. The molecule has 132 valence electrons. The molecule has 1 aromatic rings. The van der Waals surface area contributed by atoms with E-state index in [1.54, 1.807) is 13.8 Å². The van der Waals surface area contributed by atoms with Gasteiger partial charge in [0.15, 0.2) is 5.69 Å². The van der Waals surface area contributed by atoms with Crippen molar-refractivity contribution >= 4 is 5.91 Å². The predicted molar refractivity (Wildman–Crippen MR) is 80.0 cm³/mol. The highest BCUT2D eigenvalue weighted by Gasteiger charge is 2.40. The fourth-order valence-corrected chi connectivity index (χ4v) is 2.35. The van der Waals surface area contributed by atoms with Crippen LogP contribution in [0.5, 0.6) is 0 Å². The summed E-state index contributed by atoms with van der Waals surface area (Å²) in [5.74, 6) is -0.830. The van der Waals surface area contributed by atoms with E-state index in [0.717, 1.165) is 10.9 Å². The lowest BCUT2D eigenvalue weighted by molar-refractivity contribution is -0.145. The second-order valence-corrected chi connectivity index (χ2v) is 5.99. The van der Waals surface area contributed by atoms with Crippen molar-refractivity contribution in [1.29, 1.82) is 0 Å². The van der Waals surface area contributed by atoms with Gasteiger partial charge in [0.05, 0.1) is 18.4 Å². The smallest absolute Gasteiger partial charge is 0.396 e. The van der Waals surface area contributed by atoms with Gasteiger partial charge in [0.1, 0.15) is 0 Å². The quantitative estimate of drug-likeness (QED) is 0.805. The first kappa shape index (κ1) is 19.5. The summed E-state index contributed by atoms with van der Waals surface area (Å²) in [5, 5.41) is 15.7. The summed E-state index contributed by atoms with van der Waals surface area (Å²) in [4.78, 5) is 12.2. The number of alkyl halides is 3. The highest BCUT2D eigenvalue weighted by molar-refractivity contribution is 5.95. The Morgan fingerprint density at radius 3 is 2.30 bits per heavy atom. The number of rotatable bonds is 7. The molecule has 2 N–H and O–H groups in total. The first-order valence-corrected chi connectivity index (χ1v) is 7.65. The van der Waals surface area contributed by atoms with Crippen molar-refractivity contribution in [1.82, 2.24) is 15.1 Å². The summed E-state index contributed by atoms with van der Waals surface area (Å²) < 4.78 is 40.6. The molecular formula is C15H24F3N3O2. The number of aromatic nitrogens is 2. The van der Waals surface area contributed by atoms with Crippen molar-refractivity contribution in [3.63, 3.8) is 0 Å². The fourth-order valence-electron chi connectivity index (χ4n) is 2.35. The Bertz CT molecular complexity index is 526. The number of halogens is 3. The minimum absolute atomic E-state index is 0.111. The SMILES string of the molecule is CCC(CC)(CO)CNC(=O)c1cnn(C(C)C)c1C(F)(F)F. The van der Waals surface area contributed by atoms with E-state index in [2.05, 4.69) is 10.4 Å². The molecule has 0 aliphatic carbocycles. The van der Waals surface area contributed by atoms with Crippen LogP contribution in [0.1, 0.15) is 62.6 Å². The number of nitrogens with one attached hydrogen (secondary N) is 1. The summed E-state index contributed by atoms with van der Waals surface area (Å²) >= 11 is 0. The molecule has 0 saturated carbocycles. The lowest BCUT2D eigenvalue weighted by atomic mass is 9.83. The van der Waals surface area contributed by atoms with Crippen LogP contribution in [-0.4, -0.2) is 33.9 Å². The molecule has 0 atom stereocenters. The normalized spacial score (nSPS) is 12.7. The van der Waals surface area contributed by atoms with Crippen LogP contribution < -0.4 is 5.32 Å². The van der Waals surface area contributed by atoms with Gasteiger partial charge < -0.3 is 10.4 Å². The van der Waals surface area contributed by atoms with Crippen LogP contribution in [0.25, 0.3) is 0 Å². The number of carbonyl (C=O) groups excluding carboxylic acids is 1. The molecule has 0 unspecified atom stereocenters. The van der Waals surface area contributed by atoms with Gasteiger partial charge in [0, 0.05) is 18.0 Å². The van der Waals surface area contributed by atoms with Crippen molar-refractivity contribution in [2.75, 3.05) is 13.2 Å². The molecule has 0 aliphatic heterocycles. The maximum atomic E-state index is 13.3. The van der Waals surface area contributed by atoms with E-state index < -0.39 is 34.8 Å². The van der Waals surface area contributed by atoms with Gasteiger partial charge in [0.25, 0.3) is 5.91 Å². The Kier molecular flexibility index (Phi) is 6.21. The van der Waals surface area contributed by atoms with Gasteiger partial charge in [-0.15, -0.1) is 0 Å². The van der Waals surface area contributed by atoms with Crippen molar-refractivity contribution in [3.05, 3.63) is 17.5 Å². The maximum Gasteiger partial charge on any atom is 0.433 e. The largest absolute Gasteiger partial charge is 0.433 e. The van der Waals surface area contributed by atoms with E-state index in [9.17, 15) is 23.1 Å². The number of hydrogen-bond donors (Lipinski definition) is 2. The van der Waals surface area contributed by atoms with E-state index in [1.807, 2.05) is 13.8 Å². The predicted octanol–water partition coefficient (Wildman–Crippen LogP) is 3.01. The average Bonchev–Trinajstić information content (AvgIpc) is 2.94. The standard InChI is InChI=1S/C15H24F3N3O2/c1-5-14(6-2,9-22)8-19-13(23)11-7-20-21(10(3)4)12(11)15(16,17)18/h7,10,22H,5-6,8-9H2,1-4H3,(H,19,23). The van der Waals surface area contributed by atoms with E-state index in [-0.39, 0.29) is 13.2 Å². The van der Waals surface area contributed by atoms with Crippen LogP contribution in [0.2, 0.25) is 0 Å². The third-order valence-corrected chi connectivity index (χ3v) is 4.26. The Balaban J connectivity index is 3.06. The molecule has 1 amide bonds. The second kappa shape index (κ2) is 7.33. The van der Waals surface area contributed by atoms with Gasteiger partial charge in [0.2, 0.25) is 0 Å². The first-order chi connectivity index (χ1) is 10.6. The topological polar surface area (TPSA) is 67.2 Å². The van der Waals surface area contributed by atoms with Crippen LogP contribution in [0.15, 0.2) is 6.20 Å². The lowest BCUT2D eigenvalue weighted by Gasteiger charge is -2.29. The Labute approximate surface area is 133 Å². The molecule has 1 rings (SSSR count). The number of aliphatic hydroxyl groups excluding tert-OH is 1. The number of hydrogen-bond acceptors (Lipinski definition) is 3. The minimum atomic E-state index is -4.67. The molecule has 1 aromatic heterocycles. The molecule has 0 radical (unpaired) electrons.